The van der Waals surface area contributed by atoms with Gasteiger partial charge in [0.25, 0.3) is 5.91 Å². The van der Waals surface area contributed by atoms with Crippen LogP contribution in [0.15, 0.2) is 72.8 Å². The fourth-order valence-electron chi connectivity index (χ4n) is 5.63. The Morgan fingerprint density at radius 2 is 1.83 bits per heavy atom. The topological polar surface area (TPSA) is 192 Å². The molecule has 0 unspecified atom stereocenters. The highest BCUT2D eigenvalue weighted by molar-refractivity contribution is 14.1. The lowest BCUT2D eigenvalue weighted by atomic mass is 9.88. The number of anilines is 1. The number of hydrogen-bond donors (Lipinski definition) is 5. The van der Waals surface area contributed by atoms with Crippen molar-refractivity contribution in [3.05, 3.63) is 93.3 Å². The highest BCUT2D eigenvalue weighted by atomic mass is 127. The van der Waals surface area contributed by atoms with Gasteiger partial charge in [0.2, 0.25) is 5.88 Å². The number of aromatic nitrogens is 3. The largest absolute Gasteiger partial charge is 0.494 e. The summed E-state index contributed by atoms with van der Waals surface area (Å²) in [6, 6.07) is 18.2. The standard InChI is InChI=1S/C35H36F3IN6O8/c36-35(37,38)26-3-1-4-27(42-26)43-29-30(46)31(47)34(19-51-33(29)53-34)18-50-28-12-10-24(44-45-28)32(48)41-15-2-16-49-21-6-8-22(9-7-21)52-25-11-5-20(13-14-40)17-23(25)39/h1,3-12,17,29-31,33,46-47H,2,13-16,18-19,40H2,(H,41,48)(H,42,43)/t29-,30-,31-,33+,34+/m1/s1. The lowest BCUT2D eigenvalue weighted by molar-refractivity contribution is -0.222. The van der Waals surface area contributed by atoms with Crippen molar-refractivity contribution in [1.29, 1.82) is 0 Å². The molecule has 2 aromatic carbocycles. The highest BCUT2D eigenvalue weighted by Crippen LogP contribution is 2.39. The van der Waals surface area contributed by atoms with Crippen LogP contribution in [0.2, 0.25) is 0 Å². The number of amides is 1. The van der Waals surface area contributed by atoms with E-state index in [4.69, 9.17) is 29.4 Å². The number of nitrogens with two attached hydrogens (primary N) is 1. The van der Waals surface area contributed by atoms with E-state index in [9.17, 15) is 28.2 Å². The summed E-state index contributed by atoms with van der Waals surface area (Å²) in [6.45, 7) is 0.762. The van der Waals surface area contributed by atoms with Crippen LogP contribution >= 0.6 is 22.6 Å². The maximum atomic E-state index is 13.1. The second kappa shape index (κ2) is 16.8. The van der Waals surface area contributed by atoms with Gasteiger partial charge in [-0.15, -0.1) is 10.2 Å². The van der Waals surface area contributed by atoms with Gasteiger partial charge in [0.05, 0.1) is 16.8 Å². The lowest BCUT2D eigenvalue weighted by Gasteiger charge is -2.42. The third kappa shape index (κ3) is 9.43. The Balaban J connectivity index is 0.913. The number of carbonyl (C=O) groups excluding carboxylic acids is 1. The van der Waals surface area contributed by atoms with Gasteiger partial charge in [-0.05, 0) is 102 Å². The summed E-state index contributed by atoms with van der Waals surface area (Å²) in [5.41, 5.74) is 4.21. The number of aliphatic hydroxyl groups excluding tert-OH is 2. The van der Waals surface area contributed by atoms with Crippen LogP contribution in [0.25, 0.3) is 0 Å². The van der Waals surface area contributed by atoms with Crippen LogP contribution in [0.5, 0.6) is 23.1 Å². The van der Waals surface area contributed by atoms with E-state index in [1.807, 2.05) is 24.3 Å². The van der Waals surface area contributed by atoms with Gasteiger partial charge in [-0.2, -0.15) is 13.2 Å². The minimum Gasteiger partial charge on any atom is -0.494 e. The highest BCUT2D eigenvalue weighted by Gasteiger charge is 2.60. The number of halogens is 4. The van der Waals surface area contributed by atoms with E-state index >= 15 is 0 Å². The molecule has 2 aliphatic heterocycles. The molecule has 2 aliphatic rings. The number of carbonyl (C=O) groups is 1. The summed E-state index contributed by atoms with van der Waals surface area (Å²) in [7, 11) is 0. The molecule has 18 heteroatoms. The maximum Gasteiger partial charge on any atom is 0.433 e. The van der Waals surface area contributed by atoms with Crippen LogP contribution in [0, 0.1) is 3.57 Å². The minimum atomic E-state index is -4.67. The Morgan fingerprint density at radius 3 is 2.55 bits per heavy atom. The van der Waals surface area contributed by atoms with E-state index in [2.05, 4.69) is 54.5 Å². The van der Waals surface area contributed by atoms with Crippen LogP contribution in [0.1, 0.15) is 28.2 Å². The van der Waals surface area contributed by atoms with Crippen molar-refractivity contribution in [2.45, 2.75) is 49.2 Å². The van der Waals surface area contributed by atoms with Crippen molar-refractivity contribution in [2.75, 3.05) is 38.2 Å². The molecule has 2 aromatic heterocycles. The van der Waals surface area contributed by atoms with Crippen molar-refractivity contribution in [3.8, 4) is 23.1 Å². The van der Waals surface area contributed by atoms with Gasteiger partial charge < -0.3 is 50.3 Å². The summed E-state index contributed by atoms with van der Waals surface area (Å²) < 4.78 is 69.2. The molecule has 6 N–H and O–H groups in total. The smallest absolute Gasteiger partial charge is 0.433 e. The van der Waals surface area contributed by atoms with Gasteiger partial charge in [-0.1, -0.05) is 12.1 Å². The predicted octanol–water partition coefficient (Wildman–Crippen LogP) is 3.69. The quantitative estimate of drug-likeness (QED) is 0.0861. The Hall–Kier alpha value is -4.34. The van der Waals surface area contributed by atoms with Crippen molar-refractivity contribution in [3.63, 3.8) is 0 Å². The molecule has 1 amide bonds. The van der Waals surface area contributed by atoms with E-state index in [-0.39, 0.29) is 30.6 Å². The van der Waals surface area contributed by atoms with Gasteiger partial charge in [0.15, 0.2) is 17.6 Å². The fourth-order valence-corrected chi connectivity index (χ4v) is 6.32. The molecule has 14 nitrogen and oxygen atoms in total. The Kier molecular flexibility index (Phi) is 12.1. The molecule has 4 heterocycles. The first-order valence-electron chi connectivity index (χ1n) is 16.5. The zero-order chi connectivity index (χ0) is 37.6. The Labute approximate surface area is 315 Å². The van der Waals surface area contributed by atoms with Crippen LogP contribution in [0.4, 0.5) is 19.0 Å². The Morgan fingerprint density at radius 1 is 1.04 bits per heavy atom. The number of fused-ring (bicyclic) bond motifs is 2. The zero-order valence-electron chi connectivity index (χ0n) is 28.0. The van der Waals surface area contributed by atoms with Crippen LogP contribution in [-0.2, 0) is 22.1 Å². The molecule has 53 heavy (non-hydrogen) atoms. The Bertz CT molecular complexity index is 1860. The monoisotopic (exact) mass is 852 g/mol. The number of nitrogens with one attached hydrogen (secondary N) is 2. The third-order valence-electron chi connectivity index (χ3n) is 8.41. The first kappa shape index (κ1) is 38.4. The van der Waals surface area contributed by atoms with Gasteiger partial charge in [-0.25, -0.2) is 4.98 Å². The van der Waals surface area contributed by atoms with Crippen molar-refractivity contribution in [2.24, 2.45) is 5.73 Å². The molecule has 0 spiro atoms. The van der Waals surface area contributed by atoms with Crippen LogP contribution in [0.3, 0.4) is 0 Å². The molecule has 4 aromatic rings. The molecule has 2 saturated heterocycles. The number of rotatable bonds is 15. The van der Waals surface area contributed by atoms with Crippen molar-refractivity contribution in [1.82, 2.24) is 20.5 Å². The SMILES string of the molecule is NCCc1ccc(Oc2ccc(OCCCNC(=O)c3ccc(OC[C@@]45CO[C@@H](O4)[C@H](Nc4cccc(C(F)(F)F)n4)[C@@H](O)[C@H]5O)nn3)cc2)c(I)c1. The molecule has 0 radical (unpaired) electrons. The lowest BCUT2D eigenvalue weighted by Crippen LogP contribution is -2.64. The van der Waals surface area contributed by atoms with Crippen LogP contribution in [-0.4, -0.2) is 94.4 Å². The van der Waals surface area contributed by atoms with E-state index in [1.54, 1.807) is 12.1 Å². The number of aliphatic hydroxyl groups is 2. The van der Waals surface area contributed by atoms with Crippen molar-refractivity contribution < 1.29 is 51.9 Å². The van der Waals surface area contributed by atoms with E-state index in [1.165, 1.54) is 18.2 Å². The zero-order valence-corrected chi connectivity index (χ0v) is 30.1. The first-order chi connectivity index (χ1) is 25.4. The van der Waals surface area contributed by atoms with Gasteiger partial charge >= 0.3 is 6.18 Å². The number of benzene rings is 2. The summed E-state index contributed by atoms with van der Waals surface area (Å²) >= 11 is 2.24. The van der Waals surface area contributed by atoms with Crippen molar-refractivity contribution >= 4 is 34.3 Å². The van der Waals surface area contributed by atoms with E-state index in [0.29, 0.717) is 37.6 Å². The molecule has 282 valence electrons. The van der Waals surface area contributed by atoms with Crippen LogP contribution < -0.4 is 30.6 Å². The summed E-state index contributed by atoms with van der Waals surface area (Å²) in [5, 5.41) is 35.0. The molecule has 2 fully saturated rings. The predicted molar refractivity (Wildman–Crippen MR) is 191 cm³/mol. The number of nitrogens with zero attached hydrogens (tertiary/aromatic N) is 3. The van der Waals surface area contributed by atoms with E-state index in [0.717, 1.165) is 33.4 Å². The van der Waals surface area contributed by atoms with Gasteiger partial charge in [0, 0.05) is 12.6 Å². The molecule has 6 rings (SSSR count). The average molecular weight is 853 g/mol. The number of ether oxygens (including phenoxy) is 5. The maximum absolute atomic E-state index is 13.1. The molecule has 0 aliphatic carbocycles. The summed E-state index contributed by atoms with van der Waals surface area (Å²) in [6.07, 6.45) is -7.53. The summed E-state index contributed by atoms with van der Waals surface area (Å²) in [4.78, 5) is 16.1. The normalized spacial score (nSPS) is 22.2. The van der Waals surface area contributed by atoms with E-state index < -0.39 is 47.9 Å². The first-order valence-corrected chi connectivity index (χ1v) is 17.6. The number of pyridine rings is 1. The fraction of sp³-hybridized carbons (Fsp3) is 0.371. The molecular formula is C35H36F3IN6O8. The third-order valence-corrected chi connectivity index (χ3v) is 9.26. The number of hydrogen-bond acceptors (Lipinski definition) is 13. The molecule has 2 bridgehead atoms. The summed E-state index contributed by atoms with van der Waals surface area (Å²) in [5.74, 6) is 1.45. The second-order valence-corrected chi connectivity index (χ2v) is 13.4. The van der Waals surface area contributed by atoms with Gasteiger partial charge in [0.1, 0.15) is 53.6 Å². The molecular weight excluding hydrogens is 816 g/mol. The second-order valence-electron chi connectivity index (χ2n) is 12.3. The van der Waals surface area contributed by atoms with Gasteiger partial charge in [-0.3, -0.25) is 4.79 Å². The number of alkyl halides is 3. The average Bonchev–Trinajstić information content (AvgIpc) is 3.55. The molecule has 5 atom stereocenters. The minimum absolute atomic E-state index is 0.0121. The molecule has 0 saturated carbocycles.